The highest BCUT2D eigenvalue weighted by molar-refractivity contribution is 14.1. The third-order valence-electron chi connectivity index (χ3n) is 8.52. The summed E-state index contributed by atoms with van der Waals surface area (Å²) in [6, 6.07) is 52.5. The van der Waals surface area contributed by atoms with Gasteiger partial charge in [0.2, 0.25) is 0 Å². The Kier molecular flexibility index (Phi) is 8.23. The zero-order valence-electron chi connectivity index (χ0n) is 25.2. The zero-order valence-corrected chi connectivity index (χ0v) is 27.3. The quantitative estimate of drug-likeness (QED) is 0.153. The monoisotopic (exact) mass is 669 g/mol. The molecule has 6 aromatic rings. The maximum absolute atomic E-state index is 2.47. The largest absolute Gasteiger partial charge is 0.310 e. The molecule has 1 nitrogen and oxygen atoms in total. The molecule has 6 aromatic carbocycles. The average molecular weight is 670 g/mol. The number of aryl methyl sites for hydroxylation is 1. The molecular weight excluding hydrogens is 633 g/mol. The molecule has 0 aliphatic carbocycles. The molecular formula is C41H36IN. The van der Waals surface area contributed by atoms with Crippen molar-refractivity contribution in [1.29, 1.82) is 0 Å². The van der Waals surface area contributed by atoms with Gasteiger partial charge in [-0.05, 0) is 123 Å². The SMILES string of the molecule is Cc1cc(-c2cccc(-c3ccccc3)c2)ccc1N(c1ccccc1)c1cccc(C(C)(C)c2ccccc2I)c1C. The fourth-order valence-electron chi connectivity index (χ4n) is 6.24. The first-order valence-electron chi connectivity index (χ1n) is 14.8. The predicted octanol–water partition coefficient (Wildman–Crippen LogP) is 12.0. The van der Waals surface area contributed by atoms with Gasteiger partial charge < -0.3 is 4.90 Å². The van der Waals surface area contributed by atoms with Gasteiger partial charge in [0.25, 0.3) is 0 Å². The number of para-hydroxylation sites is 1. The second kappa shape index (κ2) is 12.2. The highest BCUT2D eigenvalue weighted by Gasteiger charge is 2.29. The summed E-state index contributed by atoms with van der Waals surface area (Å²) in [5.41, 5.74) is 13.5. The van der Waals surface area contributed by atoms with E-state index in [9.17, 15) is 0 Å². The Morgan fingerprint density at radius 2 is 1.05 bits per heavy atom. The zero-order chi connectivity index (χ0) is 30.0. The lowest BCUT2D eigenvalue weighted by atomic mass is 9.76. The molecule has 2 heteroatoms. The number of hydrogen-bond acceptors (Lipinski definition) is 1. The third-order valence-corrected chi connectivity index (χ3v) is 9.46. The van der Waals surface area contributed by atoms with Crippen LogP contribution in [-0.2, 0) is 5.41 Å². The van der Waals surface area contributed by atoms with Crippen molar-refractivity contribution in [3.63, 3.8) is 0 Å². The summed E-state index contributed by atoms with van der Waals surface area (Å²) < 4.78 is 1.29. The van der Waals surface area contributed by atoms with Crippen LogP contribution in [-0.4, -0.2) is 0 Å². The molecule has 0 saturated carbocycles. The van der Waals surface area contributed by atoms with Crippen molar-refractivity contribution in [2.75, 3.05) is 4.90 Å². The first kappa shape index (κ1) is 28.9. The summed E-state index contributed by atoms with van der Waals surface area (Å²) in [4.78, 5) is 2.42. The van der Waals surface area contributed by atoms with E-state index in [1.807, 2.05) is 0 Å². The van der Waals surface area contributed by atoms with Crippen molar-refractivity contribution in [3.05, 3.63) is 171 Å². The van der Waals surface area contributed by atoms with E-state index in [1.165, 1.54) is 59.5 Å². The van der Waals surface area contributed by atoms with Gasteiger partial charge in [0, 0.05) is 26.0 Å². The van der Waals surface area contributed by atoms with Crippen LogP contribution in [0.2, 0.25) is 0 Å². The summed E-state index contributed by atoms with van der Waals surface area (Å²) in [5.74, 6) is 0. The Morgan fingerprint density at radius 3 is 1.74 bits per heavy atom. The topological polar surface area (TPSA) is 3.24 Å². The number of anilines is 3. The number of nitrogens with zero attached hydrogens (tertiary/aromatic N) is 1. The third kappa shape index (κ3) is 5.77. The summed E-state index contributed by atoms with van der Waals surface area (Å²) in [6.45, 7) is 9.18. The maximum Gasteiger partial charge on any atom is 0.0493 e. The lowest BCUT2D eigenvalue weighted by Gasteiger charge is -2.33. The first-order valence-corrected chi connectivity index (χ1v) is 15.9. The van der Waals surface area contributed by atoms with Crippen LogP contribution in [0.1, 0.15) is 36.1 Å². The van der Waals surface area contributed by atoms with E-state index in [1.54, 1.807) is 0 Å². The van der Waals surface area contributed by atoms with Crippen molar-refractivity contribution in [2.24, 2.45) is 0 Å². The molecule has 0 atom stereocenters. The molecule has 0 unspecified atom stereocenters. The minimum atomic E-state index is -0.150. The van der Waals surface area contributed by atoms with Crippen molar-refractivity contribution < 1.29 is 0 Å². The van der Waals surface area contributed by atoms with Crippen molar-refractivity contribution in [1.82, 2.24) is 0 Å². The van der Waals surface area contributed by atoms with Crippen molar-refractivity contribution in [2.45, 2.75) is 33.1 Å². The van der Waals surface area contributed by atoms with Crippen LogP contribution in [0.4, 0.5) is 17.1 Å². The minimum Gasteiger partial charge on any atom is -0.310 e. The summed E-state index contributed by atoms with van der Waals surface area (Å²) in [5, 5.41) is 0. The van der Waals surface area contributed by atoms with E-state index in [-0.39, 0.29) is 5.41 Å². The predicted molar refractivity (Wildman–Crippen MR) is 193 cm³/mol. The number of halogens is 1. The van der Waals surface area contributed by atoms with E-state index in [0.717, 1.165) is 5.69 Å². The van der Waals surface area contributed by atoms with Gasteiger partial charge in [-0.25, -0.2) is 0 Å². The van der Waals surface area contributed by atoms with Gasteiger partial charge in [0.1, 0.15) is 0 Å². The summed E-state index contributed by atoms with van der Waals surface area (Å²) in [7, 11) is 0. The molecule has 0 fully saturated rings. The molecule has 0 radical (unpaired) electrons. The number of rotatable bonds is 7. The van der Waals surface area contributed by atoms with Gasteiger partial charge in [-0.1, -0.05) is 117 Å². The van der Waals surface area contributed by atoms with Crippen LogP contribution in [0.3, 0.4) is 0 Å². The fourth-order valence-corrected chi connectivity index (χ4v) is 7.30. The molecule has 212 valence electrons. The molecule has 0 bridgehead atoms. The number of hydrogen-bond donors (Lipinski definition) is 0. The highest BCUT2D eigenvalue weighted by Crippen LogP contribution is 2.44. The second-order valence-corrected chi connectivity index (χ2v) is 12.8. The molecule has 43 heavy (non-hydrogen) atoms. The average Bonchev–Trinajstić information content (AvgIpc) is 3.04. The lowest BCUT2D eigenvalue weighted by molar-refractivity contribution is 0.632. The molecule has 0 aliphatic rings. The van der Waals surface area contributed by atoms with Crippen LogP contribution in [0, 0.1) is 17.4 Å². The summed E-state index contributed by atoms with van der Waals surface area (Å²) >= 11 is 2.47. The smallest absolute Gasteiger partial charge is 0.0493 e. The van der Waals surface area contributed by atoms with Crippen molar-refractivity contribution >= 4 is 39.7 Å². The number of benzene rings is 6. The van der Waals surface area contributed by atoms with Gasteiger partial charge in [-0.2, -0.15) is 0 Å². The Labute approximate surface area is 270 Å². The Balaban J connectivity index is 1.45. The molecule has 0 spiro atoms. The second-order valence-electron chi connectivity index (χ2n) is 11.7. The molecule has 0 N–H and O–H groups in total. The first-order chi connectivity index (χ1) is 20.8. The molecule has 0 aromatic heterocycles. The van der Waals surface area contributed by atoms with Gasteiger partial charge >= 0.3 is 0 Å². The van der Waals surface area contributed by atoms with Crippen LogP contribution in [0.15, 0.2) is 146 Å². The molecule has 0 saturated heterocycles. The van der Waals surface area contributed by atoms with E-state index in [2.05, 4.69) is 201 Å². The minimum absolute atomic E-state index is 0.150. The van der Waals surface area contributed by atoms with E-state index in [0.29, 0.717) is 0 Å². The molecule has 0 heterocycles. The molecule has 6 rings (SSSR count). The Bertz CT molecular complexity index is 1870. The van der Waals surface area contributed by atoms with Crippen LogP contribution in [0.25, 0.3) is 22.3 Å². The van der Waals surface area contributed by atoms with Crippen molar-refractivity contribution in [3.8, 4) is 22.3 Å². The molecule has 0 amide bonds. The van der Waals surface area contributed by atoms with Crippen LogP contribution < -0.4 is 4.90 Å². The van der Waals surface area contributed by atoms with E-state index < -0.39 is 0 Å². The van der Waals surface area contributed by atoms with Gasteiger partial charge in [0.05, 0.1) is 0 Å². The van der Waals surface area contributed by atoms with Gasteiger partial charge in [-0.3, -0.25) is 0 Å². The van der Waals surface area contributed by atoms with Crippen LogP contribution >= 0.6 is 22.6 Å². The normalized spacial score (nSPS) is 11.4. The summed E-state index contributed by atoms with van der Waals surface area (Å²) in [6.07, 6.45) is 0. The fraction of sp³-hybridized carbons (Fsp3) is 0.122. The maximum atomic E-state index is 2.47. The van der Waals surface area contributed by atoms with Gasteiger partial charge in [-0.15, -0.1) is 0 Å². The van der Waals surface area contributed by atoms with E-state index >= 15 is 0 Å². The van der Waals surface area contributed by atoms with Crippen LogP contribution in [0.5, 0.6) is 0 Å². The highest BCUT2D eigenvalue weighted by atomic mass is 127. The Morgan fingerprint density at radius 1 is 0.488 bits per heavy atom. The van der Waals surface area contributed by atoms with Gasteiger partial charge in [0.15, 0.2) is 0 Å². The van der Waals surface area contributed by atoms with E-state index in [4.69, 9.17) is 0 Å². The molecule has 0 aliphatic heterocycles. The Hall–Kier alpha value is -4.15. The standard InChI is InChI=1S/C41H36IN/c1-29-27-34(33-18-13-17-32(28-33)31-15-7-5-8-16-31)25-26-39(29)43(35-19-9-6-10-20-35)40-24-14-22-36(30(40)2)41(3,4)37-21-11-12-23-38(37)42/h5-28H,1-4H3. The lowest BCUT2D eigenvalue weighted by Crippen LogP contribution is -2.23.